The van der Waals surface area contributed by atoms with Crippen molar-refractivity contribution in [1.82, 2.24) is 14.9 Å². The van der Waals surface area contributed by atoms with Crippen molar-refractivity contribution >= 4 is 11.6 Å². The standard InChI is InChI=1S/C18H17ClFN3/c1-13-22-7-8-23(13)18-6-5-15(10-17(18)20)12-21-11-14-3-2-4-16(19)9-14/h2-10,21H,11-12H2,1H3. The van der Waals surface area contributed by atoms with Crippen molar-refractivity contribution in [3.8, 4) is 5.69 Å². The second-order valence-electron chi connectivity index (χ2n) is 5.36. The van der Waals surface area contributed by atoms with E-state index in [4.69, 9.17) is 11.6 Å². The summed E-state index contributed by atoms with van der Waals surface area (Å²) >= 11 is 5.96. The van der Waals surface area contributed by atoms with E-state index in [-0.39, 0.29) is 5.82 Å². The molecule has 0 unspecified atom stereocenters. The molecule has 0 radical (unpaired) electrons. The van der Waals surface area contributed by atoms with E-state index in [1.807, 2.05) is 37.3 Å². The van der Waals surface area contributed by atoms with Crippen LogP contribution in [0.5, 0.6) is 0 Å². The Morgan fingerprint density at radius 3 is 2.57 bits per heavy atom. The lowest BCUT2D eigenvalue weighted by molar-refractivity contribution is 0.609. The van der Waals surface area contributed by atoms with Crippen LogP contribution in [0.25, 0.3) is 5.69 Å². The van der Waals surface area contributed by atoms with Crippen molar-refractivity contribution in [2.24, 2.45) is 0 Å². The van der Waals surface area contributed by atoms with Gasteiger partial charge in [-0.25, -0.2) is 9.37 Å². The second kappa shape index (κ2) is 6.94. The summed E-state index contributed by atoms with van der Waals surface area (Å²) in [4.78, 5) is 4.12. The molecule has 23 heavy (non-hydrogen) atoms. The normalized spacial score (nSPS) is 10.9. The summed E-state index contributed by atoms with van der Waals surface area (Å²) < 4.78 is 16.0. The summed E-state index contributed by atoms with van der Waals surface area (Å²) in [5.74, 6) is 0.504. The molecule has 3 rings (SSSR count). The molecule has 0 amide bonds. The zero-order valence-electron chi connectivity index (χ0n) is 12.8. The quantitative estimate of drug-likeness (QED) is 0.758. The molecule has 0 aliphatic rings. The van der Waals surface area contributed by atoms with Gasteiger partial charge >= 0.3 is 0 Å². The van der Waals surface area contributed by atoms with Crippen molar-refractivity contribution in [3.63, 3.8) is 0 Å². The number of benzene rings is 2. The topological polar surface area (TPSA) is 29.9 Å². The smallest absolute Gasteiger partial charge is 0.147 e. The van der Waals surface area contributed by atoms with E-state index in [1.54, 1.807) is 29.1 Å². The SMILES string of the molecule is Cc1nccn1-c1ccc(CNCc2cccc(Cl)c2)cc1F. The molecule has 0 atom stereocenters. The van der Waals surface area contributed by atoms with Gasteiger partial charge < -0.3 is 9.88 Å². The van der Waals surface area contributed by atoms with Crippen molar-refractivity contribution in [2.75, 3.05) is 0 Å². The van der Waals surface area contributed by atoms with Crippen LogP contribution in [-0.4, -0.2) is 9.55 Å². The molecule has 5 heteroatoms. The van der Waals surface area contributed by atoms with Gasteiger partial charge in [0.1, 0.15) is 11.6 Å². The number of nitrogens with zero attached hydrogens (tertiary/aromatic N) is 2. The van der Waals surface area contributed by atoms with Crippen LogP contribution in [0.2, 0.25) is 5.02 Å². The first-order valence-electron chi connectivity index (χ1n) is 7.37. The Morgan fingerprint density at radius 1 is 1.13 bits per heavy atom. The number of hydrogen-bond donors (Lipinski definition) is 1. The minimum Gasteiger partial charge on any atom is -0.309 e. The van der Waals surface area contributed by atoms with Crippen molar-refractivity contribution in [3.05, 3.63) is 82.6 Å². The number of hydrogen-bond acceptors (Lipinski definition) is 2. The maximum Gasteiger partial charge on any atom is 0.147 e. The van der Waals surface area contributed by atoms with Gasteiger partial charge in [0.2, 0.25) is 0 Å². The largest absolute Gasteiger partial charge is 0.309 e. The van der Waals surface area contributed by atoms with Crippen LogP contribution in [0.1, 0.15) is 17.0 Å². The monoisotopic (exact) mass is 329 g/mol. The highest BCUT2D eigenvalue weighted by atomic mass is 35.5. The molecular weight excluding hydrogens is 313 g/mol. The molecule has 0 saturated heterocycles. The number of aryl methyl sites for hydroxylation is 1. The molecule has 1 aromatic heterocycles. The van der Waals surface area contributed by atoms with Crippen LogP contribution in [0.15, 0.2) is 54.9 Å². The van der Waals surface area contributed by atoms with Gasteiger partial charge in [0.15, 0.2) is 0 Å². The summed E-state index contributed by atoms with van der Waals surface area (Å²) in [6.07, 6.45) is 3.42. The van der Waals surface area contributed by atoms with E-state index in [9.17, 15) is 4.39 Å². The Kier molecular flexibility index (Phi) is 4.74. The minimum absolute atomic E-state index is 0.256. The number of aromatic nitrogens is 2. The fourth-order valence-electron chi connectivity index (χ4n) is 2.49. The Labute approximate surface area is 139 Å². The van der Waals surface area contributed by atoms with Gasteiger partial charge in [0.05, 0.1) is 5.69 Å². The van der Waals surface area contributed by atoms with Gasteiger partial charge in [0.25, 0.3) is 0 Å². The first-order valence-corrected chi connectivity index (χ1v) is 7.75. The van der Waals surface area contributed by atoms with Crippen LogP contribution >= 0.6 is 11.6 Å². The zero-order valence-corrected chi connectivity index (χ0v) is 13.5. The van der Waals surface area contributed by atoms with Gasteiger partial charge in [-0.15, -0.1) is 0 Å². The number of imidazole rings is 1. The molecule has 3 aromatic rings. The highest BCUT2D eigenvalue weighted by molar-refractivity contribution is 6.30. The zero-order chi connectivity index (χ0) is 16.2. The molecule has 3 nitrogen and oxygen atoms in total. The first-order chi connectivity index (χ1) is 11.1. The van der Waals surface area contributed by atoms with Crippen molar-refractivity contribution in [1.29, 1.82) is 0 Å². The third kappa shape index (κ3) is 3.78. The Morgan fingerprint density at radius 2 is 1.91 bits per heavy atom. The number of rotatable bonds is 5. The summed E-state index contributed by atoms with van der Waals surface area (Å²) in [7, 11) is 0. The van der Waals surface area contributed by atoms with E-state index in [2.05, 4.69) is 10.3 Å². The minimum atomic E-state index is -0.256. The molecule has 0 saturated carbocycles. The third-order valence-corrected chi connectivity index (χ3v) is 3.88. The van der Waals surface area contributed by atoms with Crippen LogP contribution in [0.4, 0.5) is 4.39 Å². The van der Waals surface area contributed by atoms with Gasteiger partial charge in [-0.3, -0.25) is 0 Å². The molecule has 0 fully saturated rings. The molecule has 2 aromatic carbocycles. The van der Waals surface area contributed by atoms with Crippen molar-refractivity contribution < 1.29 is 4.39 Å². The Balaban J connectivity index is 1.65. The number of nitrogens with one attached hydrogen (secondary N) is 1. The predicted octanol–water partition coefficient (Wildman–Crippen LogP) is 4.26. The van der Waals surface area contributed by atoms with E-state index < -0.39 is 0 Å². The Hall–Kier alpha value is -2.17. The highest BCUT2D eigenvalue weighted by Crippen LogP contribution is 2.17. The average Bonchev–Trinajstić information content (AvgIpc) is 2.94. The van der Waals surface area contributed by atoms with Gasteiger partial charge in [-0.1, -0.05) is 29.8 Å². The second-order valence-corrected chi connectivity index (χ2v) is 5.80. The van der Waals surface area contributed by atoms with E-state index >= 15 is 0 Å². The molecule has 118 valence electrons. The Bertz CT molecular complexity index is 814. The summed E-state index contributed by atoms with van der Waals surface area (Å²) in [6.45, 7) is 3.12. The molecule has 0 aliphatic carbocycles. The summed E-state index contributed by atoms with van der Waals surface area (Å²) in [6, 6.07) is 12.9. The van der Waals surface area contributed by atoms with Gasteiger partial charge in [-0.05, 0) is 42.3 Å². The van der Waals surface area contributed by atoms with Crippen LogP contribution < -0.4 is 5.32 Å². The molecule has 0 bridgehead atoms. The van der Waals surface area contributed by atoms with Crippen LogP contribution in [-0.2, 0) is 13.1 Å². The van der Waals surface area contributed by atoms with E-state index in [1.165, 1.54) is 0 Å². The average molecular weight is 330 g/mol. The van der Waals surface area contributed by atoms with E-state index in [0.29, 0.717) is 18.8 Å². The third-order valence-electron chi connectivity index (χ3n) is 3.64. The van der Waals surface area contributed by atoms with Crippen molar-refractivity contribution in [2.45, 2.75) is 20.0 Å². The maximum atomic E-state index is 14.3. The highest BCUT2D eigenvalue weighted by Gasteiger charge is 2.07. The molecule has 1 heterocycles. The fourth-order valence-corrected chi connectivity index (χ4v) is 2.70. The molecule has 0 spiro atoms. The predicted molar refractivity (Wildman–Crippen MR) is 90.3 cm³/mol. The molecule has 1 N–H and O–H groups in total. The fraction of sp³-hybridized carbons (Fsp3) is 0.167. The maximum absolute atomic E-state index is 14.3. The molecule has 0 aliphatic heterocycles. The van der Waals surface area contributed by atoms with E-state index in [0.717, 1.165) is 22.0 Å². The molecular formula is C18H17ClFN3. The lowest BCUT2D eigenvalue weighted by Crippen LogP contribution is -2.13. The van der Waals surface area contributed by atoms with Crippen LogP contribution in [0, 0.1) is 12.7 Å². The number of halogens is 2. The first kappa shape index (κ1) is 15.7. The van der Waals surface area contributed by atoms with Gasteiger partial charge in [-0.2, -0.15) is 0 Å². The summed E-state index contributed by atoms with van der Waals surface area (Å²) in [5, 5.41) is 4.01. The lowest BCUT2D eigenvalue weighted by Gasteiger charge is -2.10. The van der Waals surface area contributed by atoms with Crippen LogP contribution in [0.3, 0.4) is 0 Å². The van der Waals surface area contributed by atoms with Gasteiger partial charge in [0, 0.05) is 30.5 Å². The lowest BCUT2D eigenvalue weighted by atomic mass is 10.1. The summed E-state index contributed by atoms with van der Waals surface area (Å²) in [5.41, 5.74) is 2.51.